The summed E-state index contributed by atoms with van der Waals surface area (Å²) >= 11 is 0. The van der Waals surface area contributed by atoms with Gasteiger partial charge in [0.25, 0.3) is 11.8 Å². The zero-order valence-electron chi connectivity index (χ0n) is 15.1. The van der Waals surface area contributed by atoms with Gasteiger partial charge in [0, 0.05) is 37.6 Å². The molecule has 2 aliphatic heterocycles. The minimum Gasteiger partial charge on any atom is -0.354 e. The zero-order chi connectivity index (χ0) is 19.1. The predicted octanol–water partition coefficient (Wildman–Crippen LogP) is 2.30. The molecule has 3 heterocycles. The number of urea groups is 1. The quantitative estimate of drug-likeness (QED) is 0.603. The Morgan fingerprint density at radius 2 is 1.77 bits per heavy atom. The Kier molecular flexibility index (Phi) is 4.23. The van der Waals surface area contributed by atoms with Gasteiger partial charge in [-0.3, -0.25) is 14.5 Å². The van der Waals surface area contributed by atoms with Crippen LogP contribution in [0.15, 0.2) is 60.1 Å². The van der Waals surface area contributed by atoms with E-state index < -0.39 is 17.8 Å². The number of rotatable bonds is 2. The van der Waals surface area contributed by atoms with E-state index in [0.29, 0.717) is 0 Å². The fourth-order valence-electron chi connectivity index (χ4n) is 2.96. The number of hydrogen-bond acceptors (Lipinski definition) is 5. The largest absolute Gasteiger partial charge is 0.354 e. The lowest BCUT2D eigenvalue weighted by atomic mass is 9.90. The summed E-state index contributed by atoms with van der Waals surface area (Å²) in [5.74, 6) is -1.13. The van der Waals surface area contributed by atoms with Gasteiger partial charge >= 0.3 is 6.03 Å². The number of carbonyl (C=O) groups is 3. The fourth-order valence-corrected chi connectivity index (χ4v) is 2.96. The molecule has 4 amide bonds. The topological polar surface area (TPSA) is 73.8 Å². The number of carbonyl (C=O) groups excluding carboxylic acids is 3. The third-order valence-corrected chi connectivity index (χ3v) is 4.49. The van der Waals surface area contributed by atoms with Gasteiger partial charge < -0.3 is 4.90 Å². The molecule has 2 aliphatic rings. The van der Waals surface area contributed by atoms with Gasteiger partial charge in [-0.1, -0.05) is 26.0 Å². The van der Waals surface area contributed by atoms with Gasteiger partial charge in [0.15, 0.2) is 0 Å². The van der Waals surface area contributed by atoms with Crippen LogP contribution in [0.2, 0.25) is 0 Å². The Bertz CT molecular complexity index is 868. The minimum absolute atomic E-state index is 0.0821. The van der Waals surface area contributed by atoms with Crippen LogP contribution in [-0.2, 0) is 9.59 Å². The summed E-state index contributed by atoms with van der Waals surface area (Å²) in [6.45, 7) is 4.08. The highest BCUT2D eigenvalue weighted by Gasteiger charge is 2.41. The second-order valence-electron chi connectivity index (χ2n) is 6.76. The SMILES string of the molecule is CN1C=CC(C)(C)C1=CC=C1C(=O)N(C)C(=O)N(c2ccccn2)C1=O. The van der Waals surface area contributed by atoms with E-state index in [1.807, 2.05) is 38.1 Å². The van der Waals surface area contributed by atoms with Gasteiger partial charge in [-0.2, -0.15) is 0 Å². The highest BCUT2D eigenvalue weighted by molar-refractivity contribution is 6.37. The Morgan fingerprint density at radius 1 is 1.04 bits per heavy atom. The molecule has 0 atom stereocenters. The molecule has 134 valence electrons. The van der Waals surface area contributed by atoms with E-state index in [1.165, 1.54) is 19.3 Å². The lowest BCUT2D eigenvalue weighted by Crippen LogP contribution is -2.55. The molecule has 0 unspecified atom stereocenters. The maximum Gasteiger partial charge on any atom is 0.339 e. The highest BCUT2D eigenvalue weighted by atomic mass is 16.2. The van der Waals surface area contributed by atoms with Gasteiger partial charge in [-0.05, 0) is 24.3 Å². The number of likely N-dealkylation sites (N-methyl/N-ethyl adjacent to an activating group) is 1. The van der Waals surface area contributed by atoms with Crippen LogP contribution in [0.5, 0.6) is 0 Å². The first-order chi connectivity index (χ1) is 12.2. The molecule has 0 saturated carbocycles. The molecule has 26 heavy (non-hydrogen) atoms. The average Bonchev–Trinajstić information content (AvgIpc) is 2.87. The Hall–Kier alpha value is -3.22. The van der Waals surface area contributed by atoms with E-state index >= 15 is 0 Å². The molecule has 0 aromatic carbocycles. The zero-order valence-corrected chi connectivity index (χ0v) is 15.1. The Labute approximate surface area is 151 Å². The van der Waals surface area contributed by atoms with Gasteiger partial charge in [0.05, 0.1) is 0 Å². The van der Waals surface area contributed by atoms with Crippen LogP contribution in [0.3, 0.4) is 0 Å². The molecule has 1 fully saturated rings. The van der Waals surface area contributed by atoms with Crippen molar-refractivity contribution in [2.24, 2.45) is 5.41 Å². The normalized spacial score (nSPS) is 22.9. The summed E-state index contributed by atoms with van der Waals surface area (Å²) < 4.78 is 0. The number of imide groups is 2. The summed E-state index contributed by atoms with van der Waals surface area (Å²) in [5.41, 5.74) is 0.644. The minimum atomic E-state index is -0.719. The third kappa shape index (κ3) is 2.81. The molecule has 1 saturated heterocycles. The standard InChI is InChI=1S/C19H20N4O3/c1-19(2)10-12-21(3)14(19)9-8-13-16(24)22(4)18(26)23(17(13)25)15-7-5-6-11-20-15/h5-12H,1-4H3. The lowest BCUT2D eigenvalue weighted by Gasteiger charge is -2.31. The molecule has 0 radical (unpaired) electrons. The molecule has 1 aromatic rings. The first kappa shape index (κ1) is 17.6. The molecule has 1 aromatic heterocycles. The molecule has 3 rings (SSSR count). The maximum absolute atomic E-state index is 12.8. The van der Waals surface area contributed by atoms with Crippen molar-refractivity contribution in [3.63, 3.8) is 0 Å². The number of allylic oxidation sites excluding steroid dienone is 3. The number of pyridine rings is 1. The van der Waals surface area contributed by atoms with E-state index in [4.69, 9.17) is 0 Å². The molecule has 0 aliphatic carbocycles. The number of nitrogens with zero attached hydrogens (tertiary/aromatic N) is 4. The Balaban J connectivity index is 2.02. The lowest BCUT2D eigenvalue weighted by molar-refractivity contribution is -0.128. The fraction of sp³-hybridized carbons (Fsp3) is 0.263. The van der Waals surface area contributed by atoms with E-state index in [-0.39, 0.29) is 16.8 Å². The van der Waals surface area contributed by atoms with Crippen molar-refractivity contribution in [2.75, 3.05) is 19.0 Å². The number of aromatic nitrogens is 1. The highest BCUT2D eigenvalue weighted by Crippen LogP contribution is 2.35. The van der Waals surface area contributed by atoms with Crippen LogP contribution >= 0.6 is 0 Å². The molecular formula is C19H20N4O3. The summed E-state index contributed by atoms with van der Waals surface area (Å²) in [7, 11) is 3.25. The van der Waals surface area contributed by atoms with E-state index in [0.717, 1.165) is 15.5 Å². The van der Waals surface area contributed by atoms with Crippen molar-refractivity contribution >= 4 is 23.7 Å². The van der Waals surface area contributed by atoms with Crippen molar-refractivity contribution < 1.29 is 14.4 Å². The van der Waals surface area contributed by atoms with Crippen LogP contribution in [0.4, 0.5) is 10.6 Å². The van der Waals surface area contributed by atoms with Crippen molar-refractivity contribution in [3.05, 3.63) is 60.1 Å². The molecule has 0 N–H and O–H groups in total. The number of hydrogen-bond donors (Lipinski definition) is 0. The number of anilines is 1. The van der Waals surface area contributed by atoms with E-state index in [1.54, 1.807) is 24.3 Å². The number of amides is 4. The summed E-state index contributed by atoms with van der Waals surface area (Å²) in [6, 6.07) is 4.19. The Morgan fingerprint density at radius 3 is 2.35 bits per heavy atom. The first-order valence-electron chi connectivity index (χ1n) is 8.16. The third-order valence-electron chi connectivity index (χ3n) is 4.49. The van der Waals surface area contributed by atoms with Crippen LogP contribution in [0.25, 0.3) is 0 Å². The monoisotopic (exact) mass is 352 g/mol. The van der Waals surface area contributed by atoms with Crippen molar-refractivity contribution in [1.29, 1.82) is 0 Å². The summed E-state index contributed by atoms with van der Waals surface area (Å²) in [6.07, 6.45) is 8.68. The van der Waals surface area contributed by atoms with Crippen molar-refractivity contribution in [3.8, 4) is 0 Å². The summed E-state index contributed by atoms with van der Waals surface area (Å²) in [5, 5.41) is 0. The molecule has 7 nitrogen and oxygen atoms in total. The smallest absolute Gasteiger partial charge is 0.339 e. The molecule has 0 bridgehead atoms. The van der Waals surface area contributed by atoms with Crippen LogP contribution in [-0.4, -0.2) is 46.7 Å². The maximum atomic E-state index is 12.8. The average molecular weight is 352 g/mol. The van der Waals surface area contributed by atoms with E-state index in [9.17, 15) is 14.4 Å². The molecular weight excluding hydrogens is 332 g/mol. The predicted molar refractivity (Wildman–Crippen MR) is 96.7 cm³/mol. The first-order valence-corrected chi connectivity index (χ1v) is 8.16. The van der Waals surface area contributed by atoms with Gasteiger partial charge in [-0.15, -0.1) is 0 Å². The second kappa shape index (κ2) is 6.25. The summed E-state index contributed by atoms with van der Waals surface area (Å²) in [4.78, 5) is 45.5. The van der Waals surface area contributed by atoms with Gasteiger partial charge in [0.1, 0.15) is 11.4 Å². The van der Waals surface area contributed by atoms with Crippen LogP contribution < -0.4 is 4.90 Å². The second-order valence-corrected chi connectivity index (χ2v) is 6.76. The van der Waals surface area contributed by atoms with Gasteiger partial charge in [0.2, 0.25) is 0 Å². The van der Waals surface area contributed by atoms with E-state index in [2.05, 4.69) is 4.98 Å². The van der Waals surface area contributed by atoms with Gasteiger partial charge in [-0.25, -0.2) is 14.7 Å². The van der Waals surface area contributed by atoms with Crippen LogP contribution in [0.1, 0.15) is 13.8 Å². The van der Waals surface area contributed by atoms with Crippen molar-refractivity contribution in [1.82, 2.24) is 14.8 Å². The molecule has 7 heteroatoms. The van der Waals surface area contributed by atoms with Crippen LogP contribution in [0, 0.1) is 5.41 Å². The number of barbiturate groups is 1. The van der Waals surface area contributed by atoms with Crippen molar-refractivity contribution in [2.45, 2.75) is 13.8 Å². The molecule has 0 spiro atoms.